The molecule has 0 unspecified atom stereocenters. The van der Waals surface area contributed by atoms with Crippen molar-refractivity contribution in [1.82, 2.24) is 5.16 Å². The Balaban J connectivity index is 0.000000561. The van der Waals surface area contributed by atoms with Gasteiger partial charge in [-0.3, -0.25) is 0 Å². The molecular weight excluding hydrogens is 150 g/mol. The lowest BCUT2D eigenvalue weighted by Gasteiger charge is -2.12. The highest BCUT2D eigenvalue weighted by Gasteiger charge is 2.17. The van der Waals surface area contributed by atoms with Gasteiger partial charge in [0.05, 0.1) is 5.69 Å². The molecule has 0 fully saturated rings. The highest BCUT2D eigenvalue weighted by Crippen LogP contribution is 2.20. The first kappa shape index (κ1) is 11.2. The van der Waals surface area contributed by atoms with Crippen LogP contribution in [-0.4, -0.2) is 5.16 Å². The molecule has 0 radical (unpaired) electrons. The maximum atomic E-state index is 4.94. The van der Waals surface area contributed by atoms with E-state index in [-0.39, 0.29) is 5.41 Å². The van der Waals surface area contributed by atoms with Crippen molar-refractivity contribution in [2.75, 3.05) is 0 Å². The summed E-state index contributed by atoms with van der Waals surface area (Å²) in [4.78, 5) is 0. The van der Waals surface area contributed by atoms with E-state index >= 15 is 0 Å². The van der Waals surface area contributed by atoms with E-state index in [1.807, 2.05) is 26.8 Å². The van der Waals surface area contributed by atoms with Gasteiger partial charge in [0.25, 0.3) is 0 Å². The molecule has 1 rings (SSSR count). The Bertz CT molecular complexity index is 220. The Kier molecular flexibility index (Phi) is 4.01. The van der Waals surface area contributed by atoms with E-state index in [0.29, 0.717) is 0 Å². The maximum absolute atomic E-state index is 4.94. The van der Waals surface area contributed by atoms with Crippen LogP contribution in [0.4, 0.5) is 0 Å². The summed E-state index contributed by atoms with van der Waals surface area (Å²) in [6.45, 7) is 12.3. The van der Waals surface area contributed by atoms with Gasteiger partial charge in [0.2, 0.25) is 0 Å². The lowest BCUT2D eigenvalue weighted by atomic mass is 9.92. The van der Waals surface area contributed by atoms with Crippen LogP contribution in [0.2, 0.25) is 0 Å². The van der Waals surface area contributed by atoms with Crippen molar-refractivity contribution in [3.8, 4) is 0 Å². The molecule has 1 heterocycles. The molecule has 0 N–H and O–H groups in total. The first-order valence-electron chi connectivity index (χ1n) is 4.44. The fourth-order valence-corrected chi connectivity index (χ4v) is 0.720. The monoisotopic (exact) mass is 169 g/mol. The summed E-state index contributed by atoms with van der Waals surface area (Å²) in [5.41, 5.74) is 1.13. The van der Waals surface area contributed by atoms with Gasteiger partial charge in [-0.25, -0.2) is 0 Å². The van der Waals surface area contributed by atoms with Crippen molar-refractivity contribution in [1.29, 1.82) is 0 Å². The van der Waals surface area contributed by atoms with E-state index in [0.717, 1.165) is 11.5 Å². The van der Waals surface area contributed by atoms with Crippen LogP contribution in [0.1, 0.15) is 46.1 Å². The molecule has 0 spiro atoms. The molecule has 0 amide bonds. The second-order valence-corrected chi connectivity index (χ2v) is 3.57. The van der Waals surface area contributed by atoms with Crippen molar-refractivity contribution in [2.24, 2.45) is 0 Å². The number of nitrogens with zero attached hydrogens (tertiary/aromatic N) is 1. The van der Waals surface area contributed by atoms with Crippen molar-refractivity contribution in [3.05, 3.63) is 17.5 Å². The predicted octanol–water partition coefficient (Wildman–Crippen LogP) is 3.31. The molecule has 2 nitrogen and oxygen atoms in total. The van der Waals surface area contributed by atoms with Gasteiger partial charge in [-0.05, 0) is 6.92 Å². The highest BCUT2D eigenvalue weighted by molar-refractivity contribution is 5.12. The number of aromatic nitrogens is 1. The average Bonchev–Trinajstić information content (AvgIpc) is 2.39. The molecular formula is C10H19NO. The van der Waals surface area contributed by atoms with Crippen LogP contribution in [0.15, 0.2) is 10.6 Å². The van der Waals surface area contributed by atoms with Crippen molar-refractivity contribution in [2.45, 2.75) is 47.0 Å². The molecule has 0 bridgehead atoms. The van der Waals surface area contributed by atoms with Crippen LogP contribution < -0.4 is 0 Å². The molecule has 1 aromatic heterocycles. The fourth-order valence-electron chi connectivity index (χ4n) is 0.720. The van der Waals surface area contributed by atoms with E-state index in [2.05, 4.69) is 25.9 Å². The molecule has 0 aliphatic rings. The number of aryl methyl sites for hydroxylation is 1. The number of rotatable bonds is 0. The Hall–Kier alpha value is -0.790. The Morgan fingerprint density at radius 3 is 1.92 bits per heavy atom. The maximum Gasteiger partial charge on any atom is 0.133 e. The van der Waals surface area contributed by atoms with Crippen LogP contribution in [-0.2, 0) is 5.41 Å². The van der Waals surface area contributed by atoms with E-state index < -0.39 is 0 Å². The SMILES string of the molecule is CC.Cc1cc(C(C)(C)C)no1. The summed E-state index contributed by atoms with van der Waals surface area (Å²) in [5.74, 6) is 0.880. The van der Waals surface area contributed by atoms with E-state index in [4.69, 9.17) is 4.52 Å². The quantitative estimate of drug-likeness (QED) is 0.595. The number of hydrogen-bond acceptors (Lipinski definition) is 2. The zero-order valence-electron chi connectivity index (χ0n) is 8.93. The van der Waals surface area contributed by atoms with Crippen LogP contribution in [0, 0.1) is 6.92 Å². The Morgan fingerprint density at radius 2 is 1.75 bits per heavy atom. The molecule has 0 saturated heterocycles. The Morgan fingerprint density at radius 1 is 1.25 bits per heavy atom. The summed E-state index contributed by atoms with van der Waals surface area (Å²) in [5, 5.41) is 3.91. The molecule has 70 valence electrons. The summed E-state index contributed by atoms with van der Waals surface area (Å²) in [7, 11) is 0. The fraction of sp³-hybridized carbons (Fsp3) is 0.700. The van der Waals surface area contributed by atoms with Gasteiger partial charge in [0.15, 0.2) is 0 Å². The third-order valence-electron chi connectivity index (χ3n) is 1.40. The lowest BCUT2D eigenvalue weighted by molar-refractivity contribution is 0.375. The molecule has 2 heteroatoms. The van der Waals surface area contributed by atoms with Gasteiger partial charge in [-0.2, -0.15) is 0 Å². The normalized spacial score (nSPS) is 10.5. The Labute approximate surface area is 75.0 Å². The van der Waals surface area contributed by atoms with Gasteiger partial charge in [0.1, 0.15) is 5.76 Å². The summed E-state index contributed by atoms with van der Waals surface area (Å²) in [6.07, 6.45) is 0. The summed E-state index contributed by atoms with van der Waals surface area (Å²) in [6, 6.07) is 1.97. The van der Waals surface area contributed by atoms with Crippen molar-refractivity contribution >= 4 is 0 Å². The zero-order chi connectivity index (χ0) is 9.78. The van der Waals surface area contributed by atoms with Gasteiger partial charge < -0.3 is 4.52 Å². The summed E-state index contributed by atoms with van der Waals surface area (Å²) >= 11 is 0. The third-order valence-corrected chi connectivity index (χ3v) is 1.40. The highest BCUT2D eigenvalue weighted by atomic mass is 16.5. The molecule has 0 aliphatic heterocycles. The van der Waals surface area contributed by atoms with Crippen LogP contribution >= 0.6 is 0 Å². The minimum atomic E-state index is 0.109. The van der Waals surface area contributed by atoms with Crippen LogP contribution in [0.3, 0.4) is 0 Å². The van der Waals surface area contributed by atoms with E-state index in [9.17, 15) is 0 Å². The molecule has 0 saturated carbocycles. The van der Waals surface area contributed by atoms with E-state index in [1.165, 1.54) is 0 Å². The van der Waals surface area contributed by atoms with Crippen molar-refractivity contribution in [3.63, 3.8) is 0 Å². The third kappa shape index (κ3) is 3.07. The standard InChI is InChI=1S/C8H13NO.C2H6/c1-6-5-7(9-10-6)8(2,3)4;1-2/h5H,1-4H3;1-2H3. The van der Waals surface area contributed by atoms with Gasteiger partial charge >= 0.3 is 0 Å². The molecule has 0 atom stereocenters. The predicted molar refractivity (Wildman–Crippen MR) is 51.3 cm³/mol. The van der Waals surface area contributed by atoms with Gasteiger partial charge in [-0.15, -0.1) is 0 Å². The average molecular weight is 169 g/mol. The van der Waals surface area contributed by atoms with Gasteiger partial charge in [0, 0.05) is 11.5 Å². The smallest absolute Gasteiger partial charge is 0.133 e. The molecule has 12 heavy (non-hydrogen) atoms. The minimum Gasteiger partial charge on any atom is -0.361 e. The molecule has 0 aromatic carbocycles. The first-order valence-corrected chi connectivity index (χ1v) is 4.44. The zero-order valence-corrected chi connectivity index (χ0v) is 8.93. The topological polar surface area (TPSA) is 26.0 Å². The lowest BCUT2D eigenvalue weighted by Crippen LogP contribution is -2.10. The second kappa shape index (κ2) is 4.29. The number of hydrogen-bond donors (Lipinski definition) is 0. The van der Waals surface area contributed by atoms with Gasteiger partial charge in [-0.1, -0.05) is 39.8 Å². The van der Waals surface area contributed by atoms with Crippen LogP contribution in [0.25, 0.3) is 0 Å². The first-order chi connectivity index (χ1) is 5.50. The summed E-state index contributed by atoms with van der Waals surface area (Å²) < 4.78 is 4.94. The largest absolute Gasteiger partial charge is 0.361 e. The molecule has 0 aliphatic carbocycles. The van der Waals surface area contributed by atoms with Crippen molar-refractivity contribution < 1.29 is 4.52 Å². The van der Waals surface area contributed by atoms with Crippen LogP contribution in [0.5, 0.6) is 0 Å². The second-order valence-electron chi connectivity index (χ2n) is 3.57. The minimum absolute atomic E-state index is 0.109. The van der Waals surface area contributed by atoms with E-state index in [1.54, 1.807) is 0 Å². The molecule has 1 aromatic rings.